The second-order valence-electron chi connectivity index (χ2n) is 6.42. The molecule has 5 nitrogen and oxygen atoms in total. The highest BCUT2D eigenvalue weighted by atomic mass is 35.5. The van der Waals surface area contributed by atoms with Crippen LogP contribution >= 0.6 is 11.6 Å². The Morgan fingerprint density at radius 2 is 2.19 bits per heavy atom. The van der Waals surface area contributed by atoms with Crippen molar-refractivity contribution in [1.29, 1.82) is 0 Å². The number of aromatic nitrogens is 2. The third kappa shape index (κ3) is 4.51. The number of hydrogen-bond donors (Lipinski definition) is 1. The Kier molecular flexibility index (Phi) is 6.06. The van der Waals surface area contributed by atoms with Gasteiger partial charge in [0.25, 0.3) is 0 Å². The number of aryl methyl sites for hydroxylation is 1. The summed E-state index contributed by atoms with van der Waals surface area (Å²) in [7, 11) is 1.82. The molecule has 0 saturated carbocycles. The number of nitrogens with one attached hydrogen (secondary N) is 1. The van der Waals surface area contributed by atoms with Crippen molar-refractivity contribution >= 4 is 23.6 Å². The van der Waals surface area contributed by atoms with Crippen LogP contribution in [0.1, 0.15) is 30.0 Å². The van der Waals surface area contributed by atoms with E-state index in [2.05, 4.69) is 15.3 Å². The van der Waals surface area contributed by atoms with Gasteiger partial charge >= 0.3 is 0 Å². The Balaban J connectivity index is 1.70. The topological polar surface area (TPSA) is 50.2 Å². The summed E-state index contributed by atoms with van der Waals surface area (Å²) in [5, 5.41) is 7.31. The molecule has 1 unspecified atom stereocenters. The molecular formula is C19H22ClFN4O. The smallest absolute Gasteiger partial charge is 0.244 e. The third-order valence-corrected chi connectivity index (χ3v) is 4.87. The standard InChI is InChI=1S/C19H22ClFN4O/c1-24-13-14(11-23-24)7-8-18(26)22-12-17(25-9-2-3-10-25)19-15(20)5-4-6-16(19)21/h4-8,11,13,17H,2-3,9-10,12H2,1H3,(H,22,26). The maximum Gasteiger partial charge on any atom is 0.244 e. The van der Waals surface area contributed by atoms with E-state index in [-0.39, 0.29) is 17.8 Å². The van der Waals surface area contributed by atoms with E-state index in [0.717, 1.165) is 31.5 Å². The summed E-state index contributed by atoms with van der Waals surface area (Å²) in [6.45, 7) is 2.05. The zero-order valence-electron chi connectivity index (χ0n) is 14.7. The van der Waals surface area contributed by atoms with E-state index in [1.54, 1.807) is 29.1 Å². The average Bonchev–Trinajstić information content (AvgIpc) is 3.27. The largest absolute Gasteiger partial charge is 0.351 e. The predicted molar refractivity (Wildman–Crippen MR) is 100 cm³/mol. The van der Waals surface area contributed by atoms with Crippen molar-refractivity contribution in [3.63, 3.8) is 0 Å². The van der Waals surface area contributed by atoms with Gasteiger partial charge in [0, 0.05) is 42.0 Å². The molecule has 0 spiro atoms. The number of hydrogen-bond acceptors (Lipinski definition) is 3. The van der Waals surface area contributed by atoms with Crippen LogP contribution in [0.15, 0.2) is 36.7 Å². The molecule has 0 bridgehead atoms. The highest BCUT2D eigenvalue weighted by Crippen LogP contribution is 2.31. The zero-order chi connectivity index (χ0) is 18.5. The SMILES string of the molecule is Cn1cc(C=CC(=O)NCC(c2c(F)cccc2Cl)N2CCCC2)cn1. The Labute approximate surface area is 157 Å². The van der Waals surface area contributed by atoms with Gasteiger partial charge in [-0.25, -0.2) is 4.39 Å². The first-order valence-corrected chi connectivity index (χ1v) is 9.05. The molecule has 1 N–H and O–H groups in total. The summed E-state index contributed by atoms with van der Waals surface area (Å²) < 4.78 is 16.1. The van der Waals surface area contributed by atoms with Crippen molar-refractivity contribution in [2.75, 3.05) is 19.6 Å². The summed E-state index contributed by atoms with van der Waals surface area (Å²) in [5.41, 5.74) is 1.29. The van der Waals surface area contributed by atoms with Crippen molar-refractivity contribution in [2.24, 2.45) is 7.05 Å². The molecule has 1 aromatic carbocycles. The first-order valence-electron chi connectivity index (χ1n) is 8.67. The van der Waals surface area contributed by atoms with Gasteiger partial charge in [0.15, 0.2) is 0 Å². The number of halogens is 2. The molecule has 2 heterocycles. The quantitative estimate of drug-likeness (QED) is 0.788. The minimum atomic E-state index is -0.338. The number of benzene rings is 1. The number of likely N-dealkylation sites (tertiary alicyclic amines) is 1. The molecule has 1 amide bonds. The molecule has 7 heteroatoms. The van der Waals surface area contributed by atoms with E-state index in [1.165, 1.54) is 12.1 Å². The maximum absolute atomic E-state index is 14.4. The van der Waals surface area contributed by atoms with Crippen molar-refractivity contribution in [3.05, 3.63) is 58.6 Å². The van der Waals surface area contributed by atoms with Gasteiger partial charge in [0.2, 0.25) is 5.91 Å². The molecule has 1 saturated heterocycles. The van der Waals surface area contributed by atoms with Gasteiger partial charge in [-0.3, -0.25) is 14.4 Å². The molecule has 0 radical (unpaired) electrons. The predicted octanol–water partition coefficient (Wildman–Crippen LogP) is 3.18. The van der Waals surface area contributed by atoms with Crippen molar-refractivity contribution < 1.29 is 9.18 Å². The van der Waals surface area contributed by atoms with E-state index in [9.17, 15) is 9.18 Å². The fourth-order valence-electron chi connectivity index (χ4n) is 3.25. The molecule has 1 aromatic heterocycles. The monoisotopic (exact) mass is 376 g/mol. The molecule has 1 fully saturated rings. The van der Waals surface area contributed by atoms with Crippen LogP contribution in [0, 0.1) is 5.82 Å². The molecule has 2 aromatic rings. The third-order valence-electron chi connectivity index (χ3n) is 4.54. The summed E-state index contributed by atoms with van der Waals surface area (Å²) in [4.78, 5) is 14.3. The second kappa shape index (κ2) is 8.47. The van der Waals surface area contributed by atoms with Crippen LogP contribution in [0.25, 0.3) is 6.08 Å². The highest BCUT2D eigenvalue weighted by Gasteiger charge is 2.27. The minimum Gasteiger partial charge on any atom is -0.351 e. The van der Waals surface area contributed by atoms with Gasteiger partial charge in [0.05, 0.1) is 12.2 Å². The molecule has 1 atom stereocenters. The number of nitrogens with zero attached hydrogens (tertiary/aromatic N) is 3. The van der Waals surface area contributed by atoms with E-state index in [0.29, 0.717) is 17.1 Å². The Bertz CT molecular complexity index is 778. The first-order chi connectivity index (χ1) is 12.5. The van der Waals surface area contributed by atoms with Gasteiger partial charge in [-0.05, 0) is 44.1 Å². The van der Waals surface area contributed by atoms with Gasteiger partial charge in [-0.15, -0.1) is 0 Å². The molecular weight excluding hydrogens is 355 g/mol. The number of carbonyl (C=O) groups is 1. The van der Waals surface area contributed by atoms with E-state index >= 15 is 0 Å². The molecule has 1 aliphatic heterocycles. The van der Waals surface area contributed by atoms with Crippen LogP contribution < -0.4 is 5.32 Å². The lowest BCUT2D eigenvalue weighted by Crippen LogP contribution is -2.36. The van der Waals surface area contributed by atoms with Gasteiger partial charge in [-0.2, -0.15) is 5.10 Å². The van der Waals surface area contributed by atoms with Gasteiger partial charge in [0.1, 0.15) is 5.82 Å². The second-order valence-corrected chi connectivity index (χ2v) is 6.83. The molecule has 26 heavy (non-hydrogen) atoms. The summed E-state index contributed by atoms with van der Waals surface area (Å²) in [5.74, 6) is -0.569. The minimum absolute atomic E-state index is 0.231. The summed E-state index contributed by atoms with van der Waals surface area (Å²) in [6.07, 6.45) is 8.78. The van der Waals surface area contributed by atoms with Gasteiger partial charge in [-0.1, -0.05) is 17.7 Å². The fourth-order valence-corrected chi connectivity index (χ4v) is 3.54. The Hall–Kier alpha value is -2.18. The summed E-state index contributed by atoms with van der Waals surface area (Å²) in [6, 6.07) is 4.42. The number of amides is 1. The van der Waals surface area contributed by atoms with Crippen LogP contribution in [0.3, 0.4) is 0 Å². The molecule has 0 aliphatic carbocycles. The van der Waals surface area contributed by atoms with Crippen LogP contribution in [0.2, 0.25) is 5.02 Å². The highest BCUT2D eigenvalue weighted by molar-refractivity contribution is 6.31. The maximum atomic E-state index is 14.4. The van der Waals surface area contributed by atoms with Crippen LogP contribution in [-0.2, 0) is 11.8 Å². The van der Waals surface area contributed by atoms with E-state index < -0.39 is 0 Å². The van der Waals surface area contributed by atoms with E-state index in [4.69, 9.17) is 11.6 Å². The molecule has 3 rings (SSSR count). The Morgan fingerprint density at radius 3 is 2.85 bits per heavy atom. The molecule has 1 aliphatic rings. The summed E-state index contributed by atoms with van der Waals surface area (Å²) >= 11 is 6.26. The number of rotatable bonds is 6. The zero-order valence-corrected chi connectivity index (χ0v) is 15.4. The normalized spacial score (nSPS) is 16.3. The van der Waals surface area contributed by atoms with E-state index in [1.807, 2.05) is 13.2 Å². The average molecular weight is 377 g/mol. The van der Waals surface area contributed by atoms with Crippen molar-refractivity contribution in [2.45, 2.75) is 18.9 Å². The van der Waals surface area contributed by atoms with Crippen molar-refractivity contribution in [1.82, 2.24) is 20.0 Å². The Morgan fingerprint density at radius 1 is 1.42 bits per heavy atom. The van der Waals surface area contributed by atoms with Crippen LogP contribution in [0.5, 0.6) is 0 Å². The van der Waals surface area contributed by atoms with Crippen LogP contribution in [-0.4, -0.2) is 40.2 Å². The fraction of sp³-hybridized carbons (Fsp3) is 0.368. The molecule has 138 valence electrons. The lowest BCUT2D eigenvalue weighted by atomic mass is 10.0. The van der Waals surface area contributed by atoms with Crippen molar-refractivity contribution in [3.8, 4) is 0 Å². The lowest BCUT2D eigenvalue weighted by molar-refractivity contribution is -0.116. The van der Waals surface area contributed by atoms with Crippen LogP contribution in [0.4, 0.5) is 4.39 Å². The first kappa shape index (κ1) is 18.6. The number of carbonyl (C=O) groups excluding carboxylic acids is 1. The lowest BCUT2D eigenvalue weighted by Gasteiger charge is -2.29. The van der Waals surface area contributed by atoms with Gasteiger partial charge < -0.3 is 5.32 Å².